The van der Waals surface area contributed by atoms with Crippen LogP contribution in [0.15, 0.2) is 48.5 Å². The van der Waals surface area contributed by atoms with Gasteiger partial charge in [-0.15, -0.1) is 0 Å². The van der Waals surface area contributed by atoms with Crippen LogP contribution in [0.3, 0.4) is 0 Å². The van der Waals surface area contributed by atoms with E-state index >= 15 is 0 Å². The topological polar surface area (TPSA) is 78.4 Å². The van der Waals surface area contributed by atoms with Crippen molar-refractivity contribution in [3.8, 4) is 0 Å². The number of anilines is 1. The summed E-state index contributed by atoms with van der Waals surface area (Å²) in [6, 6.07) is 13.6. The van der Waals surface area contributed by atoms with Crippen LogP contribution < -0.4 is 10.6 Å². The van der Waals surface area contributed by atoms with E-state index in [2.05, 4.69) is 10.6 Å². The average Bonchev–Trinajstić information content (AvgIpc) is 2.62. The molecule has 2 aromatic carbocycles. The second-order valence-electron chi connectivity index (χ2n) is 6.05. The number of benzene rings is 2. The number of unbranched alkanes of at least 4 members (excludes halogenated alkanes) is 1. The lowest BCUT2D eigenvalue weighted by Crippen LogP contribution is -2.36. The quantitative estimate of drug-likeness (QED) is 0.610. The number of rotatable bonds is 9. The Morgan fingerprint density at radius 1 is 1.15 bits per heavy atom. The van der Waals surface area contributed by atoms with E-state index in [9.17, 15) is 14.7 Å². The van der Waals surface area contributed by atoms with Crippen molar-refractivity contribution in [2.45, 2.75) is 38.8 Å². The van der Waals surface area contributed by atoms with Gasteiger partial charge in [-0.3, -0.25) is 9.59 Å². The van der Waals surface area contributed by atoms with E-state index in [1.807, 2.05) is 25.1 Å². The molecule has 0 saturated carbocycles. The van der Waals surface area contributed by atoms with E-state index in [1.165, 1.54) is 0 Å². The van der Waals surface area contributed by atoms with Gasteiger partial charge in [0, 0.05) is 12.2 Å². The van der Waals surface area contributed by atoms with E-state index in [4.69, 9.17) is 11.6 Å². The summed E-state index contributed by atoms with van der Waals surface area (Å²) >= 11 is 6.05. The third-order valence-corrected chi connectivity index (χ3v) is 4.33. The molecule has 0 bridgehead atoms. The SMILES string of the molecule is CCCC[C@H](NCc1cccc(NC(=O)c2ccccc2Cl)c1)C(=O)O. The number of halogens is 1. The fraction of sp³-hybridized carbons (Fsp3) is 0.300. The lowest BCUT2D eigenvalue weighted by molar-refractivity contribution is -0.139. The monoisotopic (exact) mass is 374 g/mol. The molecule has 1 atom stereocenters. The van der Waals surface area contributed by atoms with Crippen molar-refractivity contribution < 1.29 is 14.7 Å². The summed E-state index contributed by atoms with van der Waals surface area (Å²) < 4.78 is 0. The van der Waals surface area contributed by atoms with Crippen LogP contribution in [0.4, 0.5) is 5.69 Å². The van der Waals surface area contributed by atoms with Crippen LogP contribution in [0.5, 0.6) is 0 Å². The zero-order valence-corrected chi connectivity index (χ0v) is 15.4. The Kier molecular flexibility index (Phi) is 7.63. The van der Waals surface area contributed by atoms with Crippen molar-refractivity contribution in [3.63, 3.8) is 0 Å². The average molecular weight is 375 g/mol. The Balaban J connectivity index is 2.00. The van der Waals surface area contributed by atoms with Crippen LogP contribution in [-0.2, 0) is 11.3 Å². The highest BCUT2D eigenvalue weighted by Crippen LogP contribution is 2.18. The highest BCUT2D eigenvalue weighted by atomic mass is 35.5. The first-order valence-electron chi connectivity index (χ1n) is 8.62. The smallest absolute Gasteiger partial charge is 0.320 e. The standard InChI is InChI=1S/C20H23ClN2O3/c1-2-3-11-18(20(25)26)22-13-14-7-6-8-15(12-14)23-19(24)16-9-4-5-10-17(16)21/h4-10,12,18,22H,2-3,11,13H2,1H3,(H,23,24)(H,25,26)/t18-/m0/s1. The van der Waals surface area contributed by atoms with Crippen molar-refractivity contribution in [2.24, 2.45) is 0 Å². The van der Waals surface area contributed by atoms with Gasteiger partial charge in [0.1, 0.15) is 6.04 Å². The third-order valence-electron chi connectivity index (χ3n) is 4.00. The summed E-state index contributed by atoms with van der Waals surface area (Å²) in [5.41, 5.74) is 1.93. The molecule has 0 unspecified atom stereocenters. The summed E-state index contributed by atoms with van der Waals surface area (Å²) in [4.78, 5) is 23.6. The van der Waals surface area contributed by atoms with Gasteiger partial charge in [-0.2, -0.15) is 0 Å². The number of aliphatic carboxylic acids is 1. The van der Waals surface area contributed by atoms with Gasteiger partial charge in [-0.25, -0.2) is 0 Å². The maximum atomic E-state index is 12.3. The summed E-state index contributed by atoms with van der Waals surface area (Å²) in [6.07, 6.45) is 2.40. The van der Waals surface area contributed by atoms with Gasteiger partial charge in [-0.05, 0) is 36.2 Å². The van der Waals surface area contributed by atoms with Gasteiger partial charge in [0.05, 0.1) is 10.6 Å². The van der Waals surface area contributed by atoms with Gasteiger partial charge >= 0.3 is 5.97 Å². The van der Waals surface area contributed by atoms with Gasteiger partial charge < -0.3 is 15.7 Å². The Morgan fingerprint density at radius 3 is 2.62 bits per heavy atom. The van der Waals surface area contributed by atoms with Crippen LogP contribution in [0.25, 0.3) is 0 Å². The molecule has 1 amide bonds. The molecule has 3 N–H and O–H groups in total. The van der Waals surface area contributed by atoms with Gasteiger partial charge in [0.15, 0.2) is 0 Å². The maximum Gasteiger partial charge on any atom is 0.320 e. The van der Waals surface area contributed by atoms with E-state index in [0.29, 0.717) is 29.2 Å². The molecule has 0 aliphatic rings. The molecule has 5 nitrogen and oxygen atoms in total. The molecule has 26 heavy (non-hydrogen) atoms. The molecule has 2 rings (SSSR count). The minimum absolute atomic E-state index is 0.285. The molecule has 0 aliphatic carbocycles. The number of carbonyl (C=O) groups excluding carboxylic acids is 1. The molecular weight excluding hydrogens is 352 g/mol. The van der Waals surface area contributed by atoms with E-state index < -0.39 is 12.0 Å². The minimum atomic E-state index is -0.846. The predicted octanol–water partition coefficient (Wildman–Crippen LogP) is 4.33. The Hall–Kier alpha value is -2.37. The van der Waals surface area contributed by atoms with Crippen LogP contribution in [0, 0.1) is 0 Å². The normalized spacial score (nSPS) is 11.8. The summed E-state index contributed by atoms with van der Waals surface area (Å²) in [5.74, 6) is -1.13. The second kappa shape index (κ2) is 9.94. The van der Waals surface area contributed by atoms with Crippen molar-refractivity contribution >= 4 is 29.2 Å². The van der Waals surface area contributed by atoms with Crippen molar-refractivity contribution in [2.75, 3.05) is 5.32 Å². The van der Waals surface area contributed by atoms with E-state index in [0.717, 1.165) is 18.4 Å². The van der Waals surface area contributed by atoms with Crippen molar-refractivity contribution in [1.29, 1.82) is 0 Å². The van der Waals surface area contributed by atoms with E-state index in [1.54, 1.807) is 30.3 Å². The number of amides is 1. The highest BCUT2D eigenvalue weighted by molar-refractivity contribution is 6.34. The van der Waals surface area contributed by atoms with Crippen LogP contribution in [0.2, 0.25) is 5.02 Å². The minimum Gasteiger partial charge on any atom is -0.480 e. The number of hydrogen-bond acceptors (Lipinski definition) is 3. The first kappa shape index (κ1) is 19.9. The number of nitrogens with one attached hydrogen (secondary N) is 2. The predicted molar refractivity (Wildman–Crippen MR) is 104 cm³/mol. The molecule has 0 fully saturated rings. The lowest BCUT2D eigenvalue weighted by Gasteiger charge is -2.14. The fourth-order valence-corrected chi connectivity index (χ4v) is 2.79. The van der Waals surface area contributed by atoms with Crippen molar-refractivity contribution in [3.05, 3.63) is 64.7 Å². The molecule has 0 aliphatic heterocycles. The summed E-state index contributed by atoms with van der Waals surface area (Å²) in [6.45, 7) is 2.44. The first-order chi connectivity index (χ1) is 12.5. The van der Waals surface area contributed by atoms with Crippen molar-refractivity contribution in [1.82, 2.24) is 5.32 Å². The molecule has 138 valence electrons. The molecule has 6 heteroatoms. The summed E-state index contributed by atoms with van der Waals surface area (Å²) in [7, 11) is 0. The third kappa shape index (κ3) is 5.86. The second-order valence-corrected chi connectivity index (χ2v) is 6.46. The van der Waals surface area contributed by atoms with Gasteiger partial charge in [0.2, 0.25) is 0 Å². The number of carboxylic acid groups (broad SMARTS) is 1. The van der Waals surface area contributed by atoms with Crippen LogP contribution in [-0.4, -0.2) is 23.0 Å². The fourth-order valence-electron chi connectivity index (χ4n) is 2.56. The molecule has 0 radical (unpaired) electrons. The zero-order valence-electron chi connectivity index (χ0n) is 14.7. The Bertz CT molecular complexity index is 764. The lowest BCUT2D eigenvalue weighted by atomic mass is 10.1. The van der Waals surface area contributed by atoms with Gasteiger partial charge in [-0.1, -0.05) is 55.6 Å². The largest absolute Gasteiger partial charge is 0.480 e. The van der Waals surface area contributed by atoms with E-state index in [-0.39, 0.29) is 5.91 Å². The van der Waals surface area contributed by atoms with Crippen LogP contribution >= 0.6 is 11.6 Å². The number of carboxylic acids is 1. The Labute approximate surface area is 158 Å². The summed E-state index contributed by atoms with van der Waals surface area (Å²) in [5, 5.41) is 15.5. The molecule has 0 spiro atoms. The first-order valence-corrected chi connectivity index (χ1v) is 9.00. The maximum absolute atomic E-state index is 12.3. The molecule has 0 aromatic heterocycles. The highest BCUT2D eigenvalue weighted by Gasteiger charge is 2.16. The Morgan fingerprint density at radius 2 is 1.92 bits per heavy atom. The van der Waals surface area contributed by atoms with Gasteiger partial charge in [0.25, 0.3) is 5.91 Å². The molecule has 0 saturated heterocycles. The molecular formula is C20H23ClN2O3. The molecule has 0 heterocycles. The number of carbonyl (C=O) groups is 2. The number of hydrogen-bond donors (Lipinski definition) is 3. The van der Waals surface area contributed by atoms with Crippen LogP contribution in [0.1, 0.15) is 42.1 Å². The molecule has 2 aromatic rings. The zero-order chi connectivity index (χ0) is 18.9.